The average molecular weight is 297 g/mol. The largest absolute Gasteiger partial charge is 0.455 e. The lowest BCUT2D eigenvalue weighted by Gasteiger charge is -1.99. The van der Waals surface area contributed by atoms with Gasteiger partial charge in [0.15, 0.2) is 0 Å². The van der Waals surface area contributed by atoms with Gasteiger partial charge >= 0.3 is 0 Å². The lowest BCUT2D eigenvalue weighted by Crippen LogP contribution is -1.88. The summed E-state index contributed by atoms with van der Waals surface area (Å²) in [4.78, 5) is 0. The van der Waals surface area contributed by atoms with E-state index < -0.39 is 0 Å². The Morgan fingerprint density at radius 3 is 2.48 bits per heavy atom. The molecule has 0 bridgehead atoms. The van der Waals surface area contributed by atoms with Gasteiger partial charge in [0, 0.05) is 5.56 Å². The predicted molar refractivity (Wildman–Crippen MR) is 86.8 cm³/mol. The van der Waals surface area contributed by atoms with Crippen LogP contribution in [0, 0.1) is 0 Å². The topological polar surface area (TPSA) is 37.5 Å². The van der Waals surface area contributed by atoms with Gasteiger partial charge in [-0.2, -0.15) is 5.10 Å². The number of halogens is 1. The van der Waals surface area contributed by atoms with Gasteiger partial charge in [-0.15, -0.1) is 0 Å². The van der Waals surface area contributed by atoms with E-state index in [2.05, 4.69) is 10.5 Å². The summed E-state index contributed by atoms with van der Waals surface area (Å²) in [6.45, 7) is 0. The van der Waals surface area contributed by atoms with Crippen molar-refractivity contribution >= 4 is 23.5 Å². The molecule has 0 saturated heterocycles. The Bertz CT molecular complexity index is 750. The summed E-state index contributed by atoms with van der Waals surface area (Å²) in [5.74, 6) is 1.38. The number of para-hydroxylation sites is 1. The fourth-order valence-corrected chi connectivity index (χ4v) is 2.14. The molecule has 3 nitrogen and oxygen atoms in total. The van der Waals surface area contributed by atoms with Crippen molar-refractivity contribution in [1.29, 1.82) is 0 Å². The van der Waals surface area contributed by atoms with E-state index in [4.69, 9.17) is 16.0 Å². The minimum atomic E-state index is 0.661. The van der Waals surface area contributed by atoms with Gasteiger partial charge in [-0.3, -0.25) is 5.43 Å². The summed E-state index contributed by atoms with van der Waals surface area (Å²) in [6, 6.07) is 21.0. The Morgan fingerprint density at radius 2 is 1.67 bits per heavy atom. The van der Waals surface area contributed by atoms with Crippen molar-refractivity contribution in [3.05, 3.63) is 77.5 Å². The zero-order chi connectivity index (χ0) is 14.5. The summed E-state index contributed by atoms with van der Waals surface area (Å²) in [5, 5.41) is 4.80. The zero-order valence-corrected chi connectivity index (χ0v) is 11.9. The lowest BCUT2D eigenvalue weighted by atomic mass is 10.2. The van der Waals surface area contributed by atoms with Crippen molar-refractivity contribution < 1.29 is 4.42 Å². The SMILES string of the molecule is Clc1ccccc1-c1ccc(/C=N\Nc2ccccc2)o1. The van der Waals surface area contributed by atoms with Crippen molar-refractivity contribution in [2.75, 3.05) is 5.43 Å². The number of hydrogen-bond acceptors (Lipinski definition) is 3. The molecular weight excluding hydrogens is 284 g/mol. The fourth-order valence-electron chi connectivity index (χ4n) is 1.91. The van der Waals surface area contributed by atoms with Gasteiger partial charge in [-0.1, -0.05) is 41.9 Å². The minimum Gasteiger partial charge on any atom is -0.455 e. The Hall–Kier alpha value is -2.52. The highest BCUT2D eigenvalue weighted by Crippen LogP contribution is 2.28. The molecule has 0 spiro atoms. The van der Waals surface area contributed by atoms with Crippen LogP contribution in [0.15, 0.2) is 76.2 Å². The average Bonchev–Trinajstić information content (AvgIpc) is 2.97. The maximum atomic E-state index is 6.15. The number of benzene rings is 2. The molecular formula is C17H13ClN2O. The van der Waals surface area contributed by atoms with E-state index in [1.807, 2.05) is 66.7 Å². The molecule has 0 aliphatic rings. The molecule has 0 atom stereocenters. The van der Waals surface area contributed by atoms with Crippen LogP contribution in [-0.2, 0) is 0 Å². The van der Waals surface area contributed by atoms with E-state index in [0.29, 0.717) is 10.8 Å². The molecule has 0 unspecified atom stereocenters. The van der Waals surface area contributed by atoms with Gasteiger partial charge in [-0.25, -0.2) is 0 Å². The molecule has 3 rings (SSSR count). The van der Waals surface area contributed by atoms with Crippen molar-refractivity contribution in [3.63, 3.8) is 0 Å². The summed E-state index contributed by atoms with van der Waals surface area (Å²) in [6.07, 6.45) is 1.63. The zero-order valence-electron chi connectivity index (χ0n) is 11.2. The van der Waals surface area contributed by atoms with Crippen LogP contribution in [0.2, 0.25) is 5.02 Å². The second kappa shape index (κ2) is 6.29. The number of nitrogens with one attached hydrogen (secondary N) is 1. The molecule has 3 aromatic rings. The quantitative estimate of drug-likeness (QED) is 0.540. The lowest BCUT2D eigenvalue weighted by molar-refractivity contribution is 0.575. The van der Waals surface area contributed by atoms with Crippen LogP contribution in [0.1, 0.15) is 5.76 Å². The molecule has 104 valence electrons. The molecule has 0 radical (unpaired) electrons. The third kappa shape index (κ3) is 3.33. The van der Waals surface area contributed by atoms with Crippen molar-refractivity contribution in [2.45, 2.75) is 0 Å². The highest BCUT2D eigenvalue weighted by Gasteiger charge is 2.06. The van der Waals surface area contributed by atoms with Gasteiger partial charge in [0.2, 0.25) is 0 Å². The van der Waals surface area contributed by atoms with E-state index >= 15 is 0 Å². The van der Waals surface area contributed by atoms with E-state index in [-0.39, 0.29) is 0 Å². The van der Waals surface area contributed by atoms with E-state index in [0.717, 1.165) is 17.0 Å². The summed E-state index contributed by atoms with van der Waals surface area (Å²) >= 11 is 6.15. The monoisotopic (exact) mass is 296 g/mol. The van der Waals surface area contributed by atoms with Gasteiger partial charge in [0.05, 0.1) is 16.9 Å². The predicted octanol–water partition coefficient (Wildman–Crippen LogP) is 5.05. The number of rotatable bonds is 4. The third-order valence-corrected chi connectivity index (χ3v) is 3.25. The van der Waals surface area contributed by atoms with Gasteiger partial charge in [0.1, 0.15) is 11.5 Å². The van der Waals surface area contributed by atoms with Crippen LogP contribution in [0.25, 0.3) is 11.3 Å². The Labute approximate surface area is 127 Å². The first-order chi connectivity index (χ1) is 10.3. The van der Waals surface area contributed by atoms with Crippen LogP contribution >= 0.6 is 11.6 Å². The van der Waals surface area contributed by atoms with Gasteiger partial charge in [-0.05, 0) is 36.4 Å². The fraction of sp³-hybridized carbons (Fsp3) is 0. The molecule has 1 heterocycles. The summed E-state index contributed by atoms with van der Waals surface area (Å²) < 4.78 is 5.71. The summed E-state index contributed by atoms with van der Waals surface area (Å²) in [7, 11) is 0. The van der Waals surface area contributed by atoms with E-state index in [1.54, 1.807) is 6.21 Å². The number of hydrogen-bond donors (Lipinski definition) is 1. The molecule has 1 N–H and O–H groups in total. The highest BCUT2D eigenvalue weighted by atomic mass is 35.5. The van der Waals surface area contributed by atoms with E-state index in [9.17, 15) is 0 Å². The number of furan rings is 1. The number of nitrogens with zero attached hydrogens (tertiary/aromatic N) is 1. The molecule has 0 aliphatic carbocycles. The number of anilines is 1. The van der Waals surface area contributed by atoms with Crippen molar-refractivity contribution in [2.24, 2.45) is 5.10 Å². The van der Waals surface area contributed by atoms with Crippen LogP contribution in [0.3, 0.4) is 0 Å². The maximum absolute atomic E-state index is 6.15. The first-order valence-electron chi connectivity index (χ1n) is 6.52. The Morgan fingerprint density at radius 1 is 0.905 bits per heavy atom. The van der Waals surface area contributed by atoms with E-state index in [1.165, 1.54) is 0 Å². The van der Waals surface area contributed by atoms with Gasteiger partial charge < -0.3 is 4.42 Å². The molecule has 0 aliphatic heterocycles. The second-order valence-electron chi connectivity index (χ2n) is 4.42. The molecule has 0 amide bonds. The molecule has 0 saturated carbocycles. The molecule has 1 aromatic heterocycles. The number of hydrazone groups is 1. The van der Waals surface area contributed by atoms with Gasteiger partial charge in [0.25, 0.3) is 0 Å². The van der Waals surface area contributed by atoms with Crippen molar-refractivity contribution in [3.8, 4) is 11.3 Å². The molecule has 2 aromatic carbocycles. The normalized spacial score (nSPS) is 10.9. The Kier molecular flexibility index (Phi) is 4.03. The highest BCUT2D eigenvalue weighted by molar-refractivity contribution is 6.33. The molecule has 21 heavy (non-hydrogen) atoms. The second-order valence-corrected chi connectivity index (χ2v) is 4.83. The molecule has 0 fully saturated rings. The molecule has 4 heteroatoms. The smallest absolute Gasteiger partial charge is 0.147 e. The Balaban J connectivity index is 1.72. The minimum absolute atomic E-state index is 0.661. The maximum Gasteiger partial charge on any atom is 0.147 e. The van der Waals surface area contributed by atoms with Crippen LogP contribution in [0.5, 0.6) is 0 Å². The van der Waals surface area contributed by atoms with Crippen LogP contribution in [-0.4, -0.2) is 6.21 Å². The van der Waals surface area contributed by atoms with Crippen molar-refractivity contribution in [1.82, 2.24) is 0 Å². The third-order valence-electron chi connectivity index (χ3n) is 2.93. The van der Waals surface area contributed by atoms with Crippen LogP contribution in [0.4, 0.5) is 5.69 Å². The first-order valence-corrected chi connectivity index (χ1v) is 6.89. The summed E-state index contributed by atoms with van der Waals surface area (Å²) in [5.41, 5.74) is 4.73. The first kappa shape index (κ1) is 13.5. The van der Waals surface area contributed by atoms with Crippen LogP contribution < -0.4 is 5.43 Å². The standard InChI is InChI=1S/C17H13ClN2O/c18-16-9-5-4-8-15(16)17-11-10-14(21-17)12-19-20-13-6-2-1-3-7-13/h1-12,20H/b19-12-.